The molecule has 0 radical (unpaired) electrons. The predicted octanol–water partition coefficient (Wildman–Crippen LogP) is 2.83. The average molecular weight is 440 g/mol. The number of rotatable bonds is 4. The molecule has 6 nitrogen and oxygen atoms in total. The number of hydrogen-bond acceptors (Lipinski definition) is 5. The standard InChI is InChI=1S/C26H33NO5/c1-23(14-28)13-24-8-9-26(23,31-3)22-25(24)10-11-27(21(29)15-4-5-15)18(24)12-16-6-7-17(30-2)20(32-22)19(16)25/h6-7,15,18,22,28H,4-5,8-14H2,1-3H3/t18-,22-,23-,24-,25+,26+/m1/s1. The Morgan fingerprint density at radius 1 is 1.25 bits per heavy atom. The number of amides is 1. The number of benzene rings is 1. The van der Waals surface area contributed by atoms with E-state index < -0.39 is 11.0 Å². The molecular weight excluding hydrogens is 406 g/mol. The van der Waals surface area contributed by atoms with Crippen LogP contribution < -0.4 is 9.47 Å². The Labute approximate surface area is 189 Å². The number of hydrogen-bond donors (Lipinski definition) is 1. The highest BCUT2D eigenvalue weighted by molar-refractivity contribution is 5.82. The molecular formula is C26H33NO5. The zero-order valence-corrected chi connectivity index (χ0v) is 19.3. The molecule has 6 atom stereocenters. The topological polar surface area (TPSA) is 68.2 Å². The van der Waals surface area contributed by atoms with Crippen molar-refractivity contribution in [2.45, 2.75) is 75.0 Å². The smallest absolute Gasteiger partial charge is 0.225 e. The normalized spacial score (nSPS) is 44.8. The van der Waals surface area contributed by atoms with Crippen LogP contribution in [0.25, 0.3) is 0 Å². The molecule has 1 saturated heterocycles. The molecule has 1 N–H and O–H groups in total. The molecule has 2 aliphatic heterocycles. The Balaban J connectivity index is 1.51. The summed E-state index contributed by atoms with van der Waals surface area (Å²) in [6.45, 7) is 3.02. The van der Waals surface area contributed by atoms with Crippen LogP contribution in [0.1, 0.15) is 56.6 Å². The number of aliphatic hydroxyl groups excluding tert-OH is 1. The van der Waals surface area contributed by atoms with Crippen molar-refractivity contribution in [1.29, 1.82) is 0 Å². The molecule has 4 saturated carbocycles. The zero-order valence-electron chi connectivity index (χ0n) is 19.3. The number of carbonyl (C=O) groups is 1. The number of methoxy groups -OCH3 is 2. The van der Waals surface area contributed by atoms with Crippen molar-refractivity contribution in [1.82, 2.24) is 4.90 Å². The van der Waals surface area contributed by atoms with Gasteiger partial charge in [-0.15, -0.1) is 0 Å². The molecule has 1 aromatic carbocycles. The number of aliphatic hydroxyl groups is 1. The number of piperidine rings is 1. The molecule has 5 fully saturated rings. The van der Waals surface area contributed by atoms with Crippen molar-refractivity contribution in [2.75, 3.05) is 27.4 Å². The van der Waals surface area contributed by atoms with Crippen LogP contribution in [0.5, 0.6) is 11.5 Å². The molecule has 1 amide bonds. The van der Waals surface area contributed by atoms with E-state index in [0.717, 1.165) is 63.0 Å². The van der Waals surface area contributed by atoms with E-state index in [1.165, 1.54) is 11.1 Å². The quantitative estimate of drug-likeness (QED) is 0.782. The second kappa shape index (κ2) is 5.82. The summed E-state index contributed by atoms with van der Waals surface area (Å²) in [7, 11) is 3.50. The number of nitrogens with zero attached hydrogens (tertiary/aromatic N) is 1. The van der Waals surface area contributed by atoms with Gasteiger partial charge in [0.25, 0.3) is 0 Å². The molecule has 6 heteroatoms. The van der Waals surface area contributed by atoms with Gasteiger partial charge in [-0.05, 0) is 56.6 Å². The van der Waals surface area contributed by atoms with E-state index in [-0.39, 0.29) is 35.5 Å². The van der Waals surface area contributed by atoms with Crippen LogP contribution in [-0.4, -0.2) is 61.0 Å². The summed E-state index contributed by atoms with van der Waals surface area (Å²) in [4.78, 5) is 15.7. The lowest BCUT2D eigenvalue weighted by atomic mass is 9.32. The molecule has 0 aromatic heterocycles. The highest BCUT2D eigenvalue weighted by Crippen LogP contribution is 2.78. The molecule has 1 aromatic rings. The lowest BCUT2D eigenvalue weighted by Crippen LogP contribution is -2.83. The zero-order chi connectivity index (χ0) is 22.1. The van der Waals surface area contributed by atoms with Gasteiger partial charge in [-0.2, -0.15) is 0 Å². The summed E-state index contributed by atoms with van der Waals surface area (Å²) >= 11 is 0. The maximum Gasteiger partial charge on any atom is 0.225 e. The first-order valence-electron chi connectivity index (χ1n) is 12.2. The van der Waals surface area contributed by atoms with Crippen molar-refractivity contribution in [3.8, 4) is 11.5 Å². The van der Waals surface area contributed by atoms with Crippen LogP contribution in [0.15, 0.2) is 12.1 Å². The van der Waals surface area contributed by atoms with E-state index in [1.54, 1.807) is 14.2 Å². The van der Waals surface area contributed by atoms with Crippen LogP contribution in [0.2, 0.25) is 0 Å². The number of likely N-dealkylation sites (tertiary alicyclic amines) is 1. The SMILES string of the molecule is COc1ccc2c3c1O[C@H]1[C@@]4(OC)CC[C@@]5(C[C@]4(C)CO)[C@@H](C2)N(C(=O)C2CC2)CC[C@]315. The Morgan fingerprint density at radius 3 is 2.75 bits per heavy atom. The summed E-state index contributed by atoms with van der Waals surface area (Å²) in [6.07, 6.45) is 6.36. The van der Waals surface area contributed by atoms with Gasteiger partial charge in [-0.1, -0.05) is 13.0 Å². The Hall–Kier alpha value is -1.79. The third-order valence-electron chi connectivity index (χ3n) is 10.6. The molecule has 2 spiro atoms. The van der Waals surface area contributed by atoms with Gasteiger partial charge < -0.3 is 24.2 Å². The predicted molar refractivity (Wildman–Crippen MR) is 117 cm³/mol. The van der Waals surface area contributed by atoms with Crippen molar-refractivity contribution in [3.63, 3.8) is 0 Å². The van der Waals surface area contributed by atoms with E-state index in [4.69, 9.17) is 14.2 Å². The first-order chi connectivity index (χ1) is 15.4. The Morgan fingerprint density at radius 2 is 2.06 bits per heavy atom. The minimum Gasteiger partial charge on any atom is -0.493 e. The van der Waals surface area contributed by atoms with Gasteiger partial charge in [0.2, 0.25) is 5.91 Å². The third-order valence-corrected chi connectivity index (χ3v) is 10.6. The van der Waals surface area contributed by atoms with E-state index in [2.05, 4.69) is 17.9 Å². The molecule has 4 bridgehead atoms. The van der Waals surface area contributed by atoms with Crippen LogP contribution in [0.3, 0.4) is 0 Å². The van der Waals surface area contributed by atoms with Gasteiger partial charge in [0.1, 0.15) is 11.7 Å². The van der Waals surface area contributed by atoms with Crippen molar-refractivity contribution in [2.24, 2.45) is 16.7 Å². The Bertz CT molecular complexity index is 1040. The molecule has 8 rings (SSSR count). The van der Waals surface area contributed by atoms with E-state index >= 15 is 0 Å². The number of ether oxygens (including phenoxy) is 3. The highest BCUT2D eigenvalue weighted by Gasteiger charge is 2.83. The fourth-order valence-electron chi connectivity index (χ4n) is 9.19. The fourth-order valence-corrected chi connectivity index (χ4v) is 9.19. The van der Waals surface area contributed by atoms with Gasteiger partial charge in [0.05, 0.1) is 13.7 Å². The van der Waals surface area contributed by atoms with Gasteiger partial charge in [-0.25, -0.2) is 0 Å². The van der Waals surface area contributed by atoms with Gasteiger partial charge in [-0.3, -0.25) is 4.79 Å². The summed E-state index contributed by atoms with van der Waals surface area (Å²) in [5, 5.41) is 10.7. The molecule has 32 heavy (non-hydrogen) atoms. The lowest BCUT2D eigenvalue weighted by molar-refractivity contribution is -0.309. The first-order valence-corrected chi connectivity index (χ1v) is 12.2. The van der Waals surface area contributed by atoms with Gasteiger partial charge in [0, 0.05) is 47.4 Å². The maximum absolute atomic E-state index is 13.5. The number of carbonyl (C=O) groups excluding carboxylic acids is 1. The second-order valence-corrected chi connectivity index (χ2v) is 11.5. The van der Waals surface area contributed by atoms with E-state index in [0.29, 0.717) is 5.91 Å². The molecule has 172 valence electrons. The number of fused-ring (bicyclic) bond motifs is 2. The average Bonchev–Trinajstić information content (AvgIpc) is 3.58. The first kappa shape index (κ1) is 19.7. The highest BCUT2D eigenvalue weighted by atomic mass is 16.6. The van der Waals surface area contributed by atoms with Crippen molar-refractivity contribution < 1.29 is 24.1 Å². The molecule has 7 aliphatic rings. The van der Waals surface area contributed by atoms with E-state index in [1.807, 2.05) is 6.07 Å². The maximum atomic E-state index is 13.5. The van der Waals surface area contributed by atoms with Crippen LogP contribution in [-0.2, 0) is 21.4 Å². The monoisotopic (exact) mass is 439 g/mol. The third kappa shape index (κ3) is 1.82. The second-order valence-electron chi connectivity index (χ2n) is 11.5. The van der Waals surface area contributed by atoms with Crippen LogP contribution >= 0.6 is 0 Å². The Kier molecular flexibility index (Phi) is 3.57. The van der Waals surface area contributed by atoms with E-state index in [9.17, 15) is 9.90 Å². The molecule has 0 unspecified atom stereocenters. The largest absolute Gasteiger partial charge is 0.493 e. The van der Waals surface area contributed by atoms with Crippen molar-refractivity contribution in [3.05, 3.63) is 23.3 Å². The molecule has 5 aliphatic carbocycles. The lowest BCUT2D eigenvalue weighted by Gasteiger charge is -2.76. The summed E-state index contributed by atoms with van der Waals surface area (Å²) in [6, 6.07) is 4.38. The summed E-state index contributed by atoms with van der Waals surface area (Å²) in [5.41, 5.74) is 1.33. The van der Waals surface area contributed by atoms with Gasteiger partial charge in [0.15, 0.2) is 11.5 Å². The van der Waals surface area contributed by atoms with Crippen LogP contribution in [0, 0.1) is 16.7 Å². The van der Waals surface area contributed by atoms with Crippen molar-refractivity contribution >= 4 is 5.91 Å². The summed E-state index contributed by atoms with van der Waals surface area (Å²) in [5.74, 6) is 2.24. The minimum atomic E-state index is -0.560. The van der Waals surface area contributed by atoms with Gasteiger partial charge >= 0.3 is 0 Å². The fraction of sp³-hybridized carbons (Fsp3) is 0.731. The molecule has 2 heterocycles. The summed E-state index contributed by atoms with van der Waals surface area (Å²) < 4.78 is 19.1. The minimum absolute atomic E-state index is 0.0577. The van der Waals surface area contributed by atoms with Crippen LogP contribution in [0.4, 0.5) is 0 Å².